The highest BCUT2D eigenvalue weighted by Gasteiger charge is 2.28. The van der Waals surface area contributed by atoms with Gasteiger partial charge < -0.3 is 14.8 Å². The Hall–Kier alpha value is 0.170. The summed E-state index contributed by atoms with van der Waals surface area (Å²) >= 11 is 0. The summed E-state index contributed by atoms with van der Waals surface area (Å²) in [5.74, 6) is 0. The fourth-order valence-electron chi connectivity index (χ4n) is 1.56. The molecule has 0 bridgehead atoms. The summed E-state index contributed by atoms with van der Waals surface area (Å²) in [5, 5.41) is 3.28. The van der Waals surface area contributed by atoms with Crippen molar-refractivity contribution in [3.63, 3.8) is 0 Å². The number of fused-ring (bicyclic) bond motifs is 1. The molecule has 2 atom stereocenters. The van der Waals surface area contributed by atoms with Crippen LogP contribution >= 0.6 is 12.4 Å². The second-order valence-electron chi connectivity index (χ2n) is 2.81. The van der Waals surface area contributed by atoms with Crippen molar-refractivity contribution in [3.8, 4) is 0 Å². The largest absolute Gasteiger partial charge is 0.373 e. The predicted octanol–water partition coefficient (Wildman–Crippen LogP) is 0.185. The van der Waals surface area contributed by atoms with Crippen LogP contribution in [0.25, 0.3) is 0 Å². The summed E-state index contributed by atoms with van der Waals surface area (Å²) in [4.78, 5) is 0. The maximum Gasteiger partial charge on any atom is 0.0962 e. The van der Waals surface area contributed by atoms with E-state index in [4.69, 9.17) is 9.47 Å². The van der Waals surface area contributed by atoms with Crippen molar-refractivity contribution in [3.05, 3.63) is 0 Å². The van der Waals surface area contributed by atoms with Crippen LogP contribution in [0, 0.1) is 0 Å². The summed E-state index contributed by atoms with van der Waals surface area (Å²) in [6.45, 7) is 3.58. The quantitative estimate of drug-likeness (QED) is 0.576. The first-order valence-electron chi connectivity index (χ1n) is 3.91. The molecule has 0 aromatic rings. The van der Waals surface area contributed by atoms with Crippen molar-refractivity contribution in [1.29, 1.82) is 0 Å². The first-order valence-corrected chi connectivity index (χ1v) is 3.91. The van der Waals surface area contributed by atoms with Crippen LogP contribution in [0.3, 0.4) is 0 Å². The van der Waals surface area contributed by atoms with Crippen LogP contribution in [0.15, 0.2) is 0 Å². The standard InChI is InChI=1S/C7H13NO2.ClH/c1-2-8-5-7-6(1)9-3-4-10-7;/h6-8H,1-5H2;1H/t6-,7-;/m1./s1. The molecule has 2 rings (SSSR count). The van der Waals surface area contributed by atoms with Crippen molar-refractivity contribution < 1.29 is 9.47 Å². The van der Waals surface area contributed by atoms with Gasteiger partial charge in [-0.3, -0.25) is 0 Å². The first-order chi connectivity index (χ1) is 4.97. The second kappa shape index (κ2) is 4.26. The molecule has 2 fully saturated rings. The van der Waals surface area contributed by atoms with E-state index >= 15 is 0 Å². The van der Waals surface area contributed by atoms with Crippen molar-refractivity contribution >= 4 is 12.4 Å². The molecule has 2 aliphatic rings. The maximum atomic E-state index is 5.52. The number of piperidine rings is 1. The van der Waals surface area contributed by atoms with Gasteiger partial charge in [-0.05, 0) is 13.0 Å². The second-order valence-corrected chi connectivity index (χ2v) is 2.81. The van der Waals surface area contributed by atoms with E-state index in [1.165, 1.54) is 0 Å². The van der Waals surface area contributed by atoms with Gasteiger partial charge in [0.25, 0.3) is 0 Å². The lowest BCUT2D eigenvalue weighted by atomic mass is 10.1. The van der Waals surface area contributed by atoms with Gasteiger partial charge in [0.05, 0.1) is 25.4 Å². The van der Waals surface area contributed by atoms with E-state index in [1.807, 2.05) is 0 Å². The number of rotatable bonds is 0. The molecule has 4 heteroatoms. The van der Waals surface area contributed by atoms with Crippen molar-refractivity contribution in [2.24, 2.45) is 0 Å². The molecule has 2 saturated heterocycles. The number of hydrogen-bond donors (Lipinski definition) is 1. The molecule has 0 aromatic carbocycles. The van der Waals surface area contributed by atoms with E-state index in [1.54, 1.807) is 0 Å². The van der Waals surface area contributed by atoms with Gasteiger partial charge in [0.15, 0.2) is 0 Å². The Morgan fingerprint density at radius 1 is 1.09 bits per heavy atom. The smallest absolute Gasteiger partial charge is 0.0962 e. The third-order valence-corrected chi connectivity index (χ3v) is 2.11. The zero-order valence-corrected chi connectivity index (χ0v) is 7.23. The minimum Gasteiger partial charge on any atom is -0.373 e. The molecule has 3 nitrogen and oxygen atoms in total. The Labute approximate surface area is 72.8 Å². The van der Waals surface area contributed by atoms with Gasteiger partial charge in [-0.1, -0.05) is 0 Å². The molecule has 0 aliphatic carbocycles. The summed E-state index contributed by atoms with van der Waals surface area (Å²) in [6.07, 6.45) is 1.79. The van der Waals surface area contributed by atoms with Crippen molar-refractivity contribution in [2.45, 2.75) is 18.6 Å². The summed E-state index contributed by atoms with van der Waals surface area (Å²) in [5.41, 5.74) is 0. The zero-order valence-electron chi connectivity index (χ0n) is 6.41. The van der Waals surface area contributed by atoms with Gasteiger partial charge in [-0.2, -0.15) is 0 Å². The average Bonchev–Trinajstić information content (AvgIpc) is 2.05. The third-order valence-electron chi connectivity index (χ3n) is 2.11. The fourth-order valence-corrected chi connectivity index (χ4v) is 1.56. The van der Waals surface area contributed by atoms with Gasteiger partial charge in [0.1, 0.15) is 0 Å². The van der Waals surface area contributed by atoms with E-state index in [0.717, 1.165) is 32.7 Å². The average molecular weight is 180 g/mol. The molecule has 0 aromatic heterocycles. The van der Waals surface area contributed by atoms with Gasteiger partial charge >= 0.3 is 0 Å². The minimum absolute atomic E-state index is 0. The van der Waals surface area contributed by atoms with E-state index < -0.39 is 0 Å². The van der Waals surface area contributed by atoms with Crippen molar-refractivity contribution in [2.75, 3.05) is 26.3 Å². The third kappa shape index (κ3) is 2.06. The molecule has 11 heavy (non-hydrogen) atoms. The van der Waals surface area contributed by atoms with Crippen LogP contribution in [0.4, 0.5) is 0 Å². The lowest BCUT2D eigenvalue weighted by molar-refractivity contribution is -0.148. The van der Waals surface area contributed by atoms with Crippen LogP contribution in [0.5, 0.6) is 0 Å². The van der Waals surface area contributed by atoms with E-state index in [0.29, 0.717) is 12.2 Å². The SMILES string of the molecule is C1C[C@H]2OCCO[C@@H]2CN1.Cl. The molecule has 0 spiro atoms. The Balaban J connectivity index is 0.000000605. The number of nitrogens with one attached hydrogen (secondary N) is 1. The Kier molecular flexibility index (Phi) is 3.59. The van der Waals surface area contributed by atoms with Crippen LogP contribution < -0.4 is 5.32 Å². The van der Waals surface area contributed by atoms with E-state index in [2.05, 4.69) is 5.32 Å². The normalized spacial score (nSPS) is 37.1. The van der Waals surface area contributed by atoms with Gasteiger partial charge in [-0.15, -0.1) is 12.4 Å². The molecular formula is C7H14ClNO2. The Morgan fingerprint density at radius 3 is 2.55 bits per heavy atom. The van der Waals surface area contributed by atoms with Crippen molar-refractivity contribution in [1.82, 2.24) is 5.32 Å². The molecule has 0 amide bonds. The highest BCUT2D eigenvalue weighted by atomic mass is 35.5. The molecule has 66 valence electrons. The summed E-state index contributed by atoms with van der Waals surface area (Å²) in [6, 6.07) is 0. The molecule has 2 heterocycles. The summed E-state index contributed by atoms with van der Waals surface area (Å²) < 4.78 is 11.0. The van der Waals surface area contributed by atoms with Crippen LogP contribution in [-0.2, 0) is 9.47 Å². The molecule has 1 N–H and O–H groups in total. The molecule has 0 saturated carbocycles. The highest BCUT2D eigenvalue weighted by Crippen LogP contribution is 2.15. The van der Waals surface area contributed by atoms with Crippen LogP contribution in [0.2, 0.25) is 0 Å². The van der Waals surface area contributed by atoms with E-state index in [9.17, 15) is 0 Å². The Bertz CT molecular complexity index is 97.0. The van der Waals surface area contributed by atoms with Gasteiger partial charge in [-0.25, -0.2) is 0 Å². The number of hydrogen-bond acceptors (Lipinski definition) is 3. The molecule has 0 unspecified atom stereocenters. The topological polar surface area (TPSA) is 30.5 Å². The van der Waals surface area contributed by atoms with Crippen LogP contribution in [-0.4, -0.2) is 38.5 Å². The minimum atomic E-state index is 0. The number of halogens is 1. The molecule has 2 aliphatic heterocycles. The fraction of sp³-hybridized carbons (Fsp3) is 1.00. The molecule has 0 radical (unpaired) electrons. The maximum absolute atomic E-state index is 5.52. The van der Waals surface area contributed by atoms with Gasteiger partial charge in [0, 0.05) is 6.54 Å². The molecular weight excluding hydrogens is 166 g/mol. The predicted molar refractivity (Wildman–Crippen MR) is 44.2 cm³/mol. The Morgan fingerprint density at radius 2 is 1.82 bits per heavy atom. The lowest BCUT2D eigenvalue weighted by Gasteiger charge is -2.35. The monoisotopic (exact) mass is 179 g/mol. The first kappa shape index (κ1) is 9.26. The van der Waals surface area contributed by atoms with Gasteiger partial charge in [0.2, 0.25) is 0 Å². The zero-order chi connectivity index (χ0) is 6.81. The number of ether oxygens (including phenoxy) is 2. The highest BCUT2D eigenvalue weighted by molar-refractivity contribution is 5.85. The lowest BCUT2D eigenvalue weighted by Crippen LogP contribution is -2.50. The van der Waals surface area contributed by atoms with Crippen LogP contribution in [0.1, 0.15) is 6.42 Å². The summed E-state index contributed by atoms with van der Waals surface area (Å²) in [7, 11) is 0. The van der Waals surface area contributed by atoms with E-state index in [-0.39, 0.29) is 12.4 Å².